The van der Waals surface area contributed by atoms with Gasteiger partial charge in [0.15, 0.2) is 0 Å². The predicted octanol–water partition coefficient (Wildman–Crippen LogP) is 3.69. The fourth-order valence-electron chi connectivity index (χ4n) is 2.07. The summed E-state index contributed by atoms with van der Waals surface area (Å²) in [6, 6.07) is 14.4. The number of para-hydroxylation sites is 1. The third-order valence-electron chi connectivity index (χ3n) is 3.23. The summed E-state index contributed by atoms with van der Waals surface area (Å²) in [4.78, 5) is 0. The number of benzene rings is 2. The molecule has 2 aromatic rings. The fourth-order valence-corrected chi connectivity index (χ4v) is 2.07. The summed E-state index contributed by atoms with van der Waals surface area (Å²) in [5.74, 6) is 3.01. The third kappa shape index (κ3) is 4.34. The van der Waals surface area contributed by atoms with E-state index in [1.54, 1.807) is 12.1 Å². The molecule has 3 heteroatoms. The molecule has 0 heterocycles. The Labute approximate surface area is 125 Å². The molecule has 0 aliphatic rings. The van der Waals surface area contributed by atoms with Crippen LogP contribution in [-0.2, 0) is 6.54 Å². The van der Waals surface area contributed by atoms with Crippen LogP contribution < -0.4 is 10.1 Å². The average molecular weight is 283 g/mol. The molecule has 0 saturated carbocycles. The van der Waals surface area contributed by atoms with Crippen molar-refractivity contribution in [2.75, 3.05) is 6.61 Å². The molecule has 2 aromatic carbocycles. The van der Waals surface area contributed by atoms with E-state index in [0.717, 1.165) is 16.9 Å². The Morgan fingerprint density at radius 2 is 2.05 bits per heavy atom. The van der Waals surface area contributed by atoms with Gasteiger partial charge in [0, 0.05) is 18.2 Å². The highest BCUT2D eigenvalue weighted by Crippen LogP contribution is 2.20. The normalized spacial score (nSPS) is 11.7. The van der Waals surface area contributed by atoms with Crippen LogP contribution in [0.4, 0.5) is 4.39 Å². The zero-order valence-corrected chi connectivity index (χ0v) is 12.0. The standard InChI is InChI=1S/C18H18FNO/c1-3-11-21-18-10-5-4-7-16(18)13-20-14(2)15-8-6-9-17(19)12-15/h1,4-10,12,14,20H,11,13H2,2H3. The van der Waals surface area contributed by atoms with Crippen LogP contribution in [0.1, 0.15) is 24.1 Å². The summed E-state index contributed by atoms with van der Waals surface area (Å²) in [5.41, 5.74) is 1.94. The lowest BCUT2D eigenvalue weighted by molar-refractivity contribution is 0.364. The molecule has 21 heavy (non-hydrogen) atoms. The van der Waals surface area contributed by atoms with Gasteiger partial charge in [-0.05, 0) is 30.7 Å². The van der Waals surface area contributed by atoms with Gasteiger partial charge in [-0.2, -0.15) is 0 Å². The molecule has 2 nitrogen and oxygen atoms in total. The number of halogens is 1. The molecule has 1 unspecified atom stereocenters. The van der Waals surface area contributed by atoms with Crippen molar-refractivity contribution < 1.29 is 9.13 Å². The second-order valence-electron chi connectivity index (χ2n) is 4.76. The van der Waals surface area contributed by atoms with Gasteiger partial charge in [0.05, 0.1) is 0 Å². The molecule has 0 aromatic heterocycles. The molecule has 0 aliphatic carbocycles. The van der Waals surface area contributed by atoms with Crippen LogP contribution in [0, 0.1) is 18.2 Å². The lowest BCUT2D eigenvalue weighted by Crippen LogP contribution is -2.18. The number of hydrogen-bond donors (Lipinski definition) is 1. The smallest absolute Gasteiger partial charge is 0.148 e. The summed E-state index contributed by atoms with van der Waals surface area (Å²) in [5, 5.41) is 3.36. The number of terminal acetylenes is 1. The van der Waals surface area contributed by atoms with Crippen molar-refractivity contribution in [2.24, 2.45) is 0 Å². The Balaban J connectivity index is 2.01. The summed E-state index contributed by atoms with van der Waals surface area (Å²) < 4.78 is 18.7. The van der Waals surface area contributed by atoms with Gasteiger partial charge >= 0.3 is 0 Å². The van der Waals surface area contributed by atoms with E-state index in [1.165, 1.54) is 6.07 Å². The van der Waals surface area contributed by atoms with Crippen LogP contribution >= 0.6 is 0 Å². The van der Waals surface area contributed by atoms with E-state index >= 15 is 0 Å². The minimum Gasteiger partial charge on any atom is -0.481 e. The van der Waals surface area contributed by atoms with Crippen LogP contribution in [0.15, 0.2) is 48.5 Å². The number of ether oxygens (including phenoxy) is 1. The Kier molecular flexibility index (Phi) is 5.36. The van der Waals surface area contributed by atoms with Crippen LogP contribution in [0.2, 0.25) is 0 Å². The number of hydrogen-bond acceptors (Lipinski definition) is 2. The molecule has 0 aliphatic heterocycles. The second kappa shape index (κ2) is 7.47. The lowest BCUT2D eigenvalue weighted by atomic mass is 10.1. The van der Waals surface area contributed by atoms with Crippen LogP contribution in [0.5, 0.6) is 5.75 Å². The number of rotatable bonds is 6. The molecule has 0 spiro atoms. The number of nitrogens with one attached hydrogen (secondary N) is 1. The minimum absolute atomic E-state index is 0.0430. The summed E-state index contributed by atoms with van der Waals surface area (Å²) in [6.45, 7) is 2.87. The monoisotopic (exact) mass is 283 g/mol. The fraction of sp³-hybridized carbons (Fsp3) is 0.222. The van der Waals surface area contributed by atoms with Gasteiger partial charge in [-0.1, -0.05) is 36.3 Å². The molecule has 0 fully saturated rings. The predicted molar refractivity (Wildman–Crippen MR) is 82.4 cm³/mol. The molecular formula is C18H18FNO. The van der Waals surface area contributed by atoms with E-state index in [-0.39, 0.29) is 18.5 Å². The first-order chi connectivity index (χ1) is 10.2. The zero-order chi connectivity index (χ0) is 15.1. The maximum absolute atomic E-state index is 13.2. The van der Waals surface area contributed by atoms with Gasteiger partial charge in [0.1, 0.15) is 18.2 Å². The van der Waals surface area contributed by atoms with Crippen LogP contribution in [0.3, 0.4) is 0 Å². The third-order valence-corrected chi connectivity index (χ3v) is 3.23. The maximum atomic E-state index is 13.2. The molecular weight excluding hydrogens is 265 g/mol. The summed E-state index contributed by atoms with van der Waals surface area (Å²) in [6.07, 6.45) is 5.21. The Morgan fingerprint density at radius 1 is 1.24 bits per heavy atom. The quantitative estimate of drug-likeness (QED) is 0.816. The second-order valence-corrected chi connectivity index (χ2v) is 4.76. The molecule has 0 bridgehead atoms. The highest BCUT2D eigenvalue weighted by molar-refractivity contribution is 5.33. The first-order valence-electron chi connectivity index (χ1n) is 6.83. The van der Waals surface area contributed by atoms with E-state index in [2.05, 4.69) is 11.2 Å². The molecule has 108 valence electrons. The van der Waals surface area contributed by atoms with Crippen molar-refractivity contribution in [1.82, 2.24) is 5.32 Å². The molecule has 1 N–H and O–H groups in total. The summed E-state index contributed by atoms with van der Waals surface area (Å²) >= 11 is 0. The van der Waals surface area contributed by atoms with Crippen molar-refractivity contribution in [1.29, 1.82) is 0 Å². The topological polar surface area (TPSA) is 21.3 Å². The first-order valence-corrected chi connectivity index (χ1v) is 6.83. The lowest BCUT2D eigenvalue weighted by Gasteiger charge is -2.16. The Morgan fingerprint density at radius 3 is 2.81 bits per heavy atom. The van der Waals surface area contributed by atoms with Crippen molar-refractivity contribution in [3.8, 4) is 18.1 Å². The molecule has 0 saturated heterocycles. The SMILES string of the molecule is C#CCOc1ccccc1CNC(C)c1cccc(F)c1. The van der Waals surface area contributed by atoms with E-state index in [0.29, 0.717) is 6.54 Å². The Bertz CT molecular complexity index is 633. The molecule has 2 rings (SSSR count). The minimum atomic E-state index is -0.223. The first kappa shape index (κ1) is 15.1. The molecule has 0 amide bonds. The van der Waals surface area contributed by atoms with Crippen LogP contribution in [-0.4, -0.2) is 6.61 Å². The molecule has 1 atom stereocenters. The van der Waals surface area contributed by atoms with Gasteiger partial charge in [0.2, 0.25) is 0 Å². The van der Waals surface area contributed by atoms with E-state index in [4.69, 9.17) is 11.2 Å². The Hall–Kier alpha value is -2.31. The van der Waals surface area contributed by atoms with E-state index in [1.807, 2.05) is 37.3 Å². The van der Waals surface area contributed by atoms with Crippen molar-refractivity contribution >= 4 is 0 Å². The van der Waals surface area contributed by atoms with Crippen molar-refractivity contribution in [3.63, 3.8) is 0 Å². The molecule has 0 radical (unpaired) electrons. The van der Waals surface area contributed by atoms with Crippen LogP contribution in [0.25, 0.3) is 0 Å². The van der Waals surface area contributed by atoms with Gasteiger partial charge < -0.3 is 10.1 Å². The van der Waals surface area contributed by atoms with Gasteiger partial charge in [-0.3, -0.25) is 0 Å². The van der Waals surface area contributed by atoms with Gasteiger partial charge in [-0.15, -0.1) is 6.42 Å². The highest BCUT2D eigenvalue weighted by atomic mass is 19.1. The van der Waals surface area contributed by atoms with Crippen molar-refractivity contribution in [3.05, 3.63) is 65.5 Å². The maximum Gasteiger partial charge on any atom is 0.148 e. The van der Waals surface area contributed by atoms with Crippen molar-refractivity contribution in [2.45, 2.75) is 19.5 Å². The van der Waals surface area contributed by atoms with E-state index in [9.17, 15) is 4.39 Å². The van der Waals surface area contributed by atoms with Gasteiger partial charge in [-0.25, -0.2) is 4.39 Å². The largest absolute Gasteiger partial charge is 0.481 e. The summed E-state index contributed by atoms with van der Waals surface area (Å²) in [7, 11) is 0. The zero-order valence-electron chi connectivity index (χ0n) is 12.0. The van der Waals surface area contributed by atoms with Gasteiger partial charge in [0.25, 0.3) is 0 Å². The average Bonchev–Trinajstić information content (AvgIpc) is 2.51. The highest BCUT2D eigenvalue weighted by Gasteiger charge is 2.08. The van der Waals surface area contributed by atoms with E-state index < -0.39 is 0 Å².